The van der Waals surface area contributed by atoms with Gasteiger partial charge in [0, 0.05) is 28.6 Å². The zero-order valence-electron chi connectivity index (χ0n) is 16.5. The highest BCUT2D eigenvalue weighted by molar-refractivity contribution is 9.10. The Morgan fingerprint density at radius 3 is 2.89 bits per heavy atom. The molecular weight excluding hydrogens is 422 g/mol. The van der Waals surface area contributed by atoms with Crippen LogP contribution in [0.4, 0.5) is 0 Å². The number of carbonyl (C=O) groups excluding carboxylic acids is 1. The standard InChI is InChI=1S/C22H26BrNO4/c1-4-7-14-11-16(23)18(17(12-14)27-3)19-20(25)22(24-21(19)26)9-6-8-15(13-22)28-10-5-2/h11-12,15,25H,5-6,8-10,13H2,1-3H3,(H,24,26). The van der Waals surface area contributed by atoms with Crippen molar-refractivity contribution < 1.29 is 19.4 Å². The third kappa shape index (κ3) is 3.78. The number of aliphatic hydroxyl groups excluding tert-OH is 1. The molecule has 0 bridgehead atoms. The summed E-state index contributed by atoms with van der Waals surface area (Å²) in [6.07, 6.45) is 4.07. The smallest absolute Gasteiger partial charge is 0.256 e. The fourth-order valence-corrected chi connectivity index (χ4v) is 4.74. The summed E-state index contributed by atoms with van der Waals surface area (Å²) in [5, 5.41) is 14.2. The molecular formula is C22H26BrNO4. The summed E-state index contributed by atoms with van der Waals surface area (Å²) in [4.78, 5) is 12.9. The number of nitrogens with one attached hydrogen (secondary N) is 1. The van der Waals surface area contributed by atoms with Crippen molar-refractivity contribution in [3.63, 3.8) is 0 Å². The summed E-state index contributed by atoms with van der Waals surface area (Å²) in [5.74, 6) is 6.13. The molecule has 3 rings (SSSR count). The molecule has 1 aliphatic carbocycles. The van der Waals surface area contributed by atoms with Gasteiger partial charge in [-0.2, -0.15) is 0 Å². The van der Waals surface area contributed by atoms with Gasteiger partial charge in [-0.15, -0.1) is 5.92 Å². The fraction of sp³-hybridized carbons (Fsp3) is 0.500. The maximum absolute atomic E-state index is 12.9. The Labute approximate surface area is 174 Å². The maximum Gasteiger partial charge on any atom is 0.256 e. The topological polar surface area (TPSA) is 67.8 Å². The number of carbonyl (C=O) groups is 1. The average Bonchev–Trinajstić information content (AvgIpc) is 2.89. The lowest BCUT2D eigenvalue weighted by Crippen LogP contribution is -2.49. The van der Waals surface area contributed by atoms with Crippen LogP contribution in [0.3, 0.4) is 0 Å². The van der Waals surface area contributed by atoms with Crippen LogP contribution in [0.1, 0.15) is 57.1 Å². The maximum atomic E-state index is 12.9. The third-order valence-electron chi connectivity index (χ3n) is 5.33. The van der Waals surface area contributed by atoms with Crippen molar-refractivity contribution in [2.24, 2.45) is 0 Å². The molecule has 1 fully saturated rings. The zero-order chi connectivity index (χ0) is 20.3. The van der Waals surface area contributed by atoms with E-state index < -0.39 is 5.54 Å². The summed E-state index contributed by atoms with van der Waals surface area (Å²) < 4.78 is 12.1. The Morgan fingerprint density at radius 1 is 1.43 bits per heavy atom. The number of hydrogen-bond acceptors (Lipinski definition) is 4. The van der Waals surface area contributed by atoms with E-state index in [2.05, 4.69) is 40.0 Å². The molecule has 0 aromatic heterocycles. The molecule has 1 heterocycles. The third-order valence-corrected chi connectivity index (χ3v) is 5.95. The van der Waals surface area contributed by atoms with Crippen LogP contribution in [0.2, 0.25) is 0 Å². The second-order valence-electron chi connectivity index (χ2n) is 7.26. The van der Waals surface area contributed by atoms with Gasteiger partial charge >= 0.3 is 0 Å². The molecule has 1 spiro atoms. The second-order valence-corrected chi connectivity index (χ2v) is 8.11. The minimum absolute atomic E-state index is 0.0306. The normalized spacial score (nSPS) is 24.1. The molecule has 2 atom stereocenters. The van der Waals surface area contributed by atoms with Gasteiger partial charge < -0.3 is 19.9 Å². The lowest BCUT2D eigenvalue weighted by atomic mass is 9.79. The van der Waals surface area contributed by atoms with Gasteiger partial charge in [0.05, 0.1) is 18.8 Å². The van der Waals surface area contributed by atoms with Crippen molar-refractivity contribution in [3.05, 3.63) is 33.5 Å². The summed E-state index contributed by atoms with van der Waals surface area (Å²) in [6.45, 7) is 4.52. The first-order chi connectivity index (χ1) is 13.5. The molecule has 0 radical (unpaired) electrons. The number of methoxy groups -OCH3 is 1. The van der Waals surface area contributed by atoms with Crippen molar-refractivity contribution in [3.8, 4) is 17.6 Å². The highest BCUT2D eigenvalue weighted by atomic mass is 79.9. The highest BCUT2D eigenvalue weighted by Gasteiger charge is 2.49. The zero-order valence-corrected chi connectivity index (χ0v) is 18.1. The van der Waals surface area contributed by atoms with Crippen LogP contribution in [0.15, 0.2) is 22.4 Å². The average molecular weight is 448 g/mol. The summed E-state index contributed by atoms with van der Waals surface area (Å²) in [5.41, 5.74) is 0.812. The van der Waals surface area contributed by atoms with Gasteiger partial charge in [-0.3, -0.25) is 4.79 Å². The predicted octanol–water partition coefficient (Wildman–Crippen LogP) is 4.34. The summed E-state index contributed by atoms with van der Waals surface area (Å²) >= 11 is 3.53. The van der Waals surface area contributed by atoms with E-state index in [1.165, 1.54) is 0 Å². The van der Waals surface area contributed by atoms with E-state index in [-0.39, 0.29) is 23.3 Å². The Hall–Kier alpha value is -1.97. The molecule has 1 aromatic rings. The first-order valence-electron chi connectivity index (χ1n) is 9.64. The van der Waals surface area contributed by atoms with Crippen LogP contribution in [0.5, 0.6) is 5.75 Å². The van der Waals surface area contributed by atoms with Crippen LogP contribution in [0.25, 0.3) is 5.57 Å². The van der Waals surface area contributed by atoms with E-state index in [4.69, 9.17) is 9.47 Å². The van der Waals surface area contributed by atoms with Crippen molar-refractivity contribution in [2.45, 2.75) is 57.6 Å². The molecule has 5 nitrogen and oxygen atoms in total. The molecule has 6 heteroatoms. The molecule has 1 aliphatic heterocycles. The molecule has 1 saturated carbocycles. The monoisotopic (exact) mass is 447 g/mol. The largest absolute Gasteiger partial charge is 0.509 e. The number of halogens is 1. The fourth-order valence-electron chi connectivity index (χ4n) is 4.10. The first kappa shape index (κ1) is 20.8. The molecule has 2 unspecified atom stereocenters. The van der Waals surface area contributed by atoms with E-state index in [9.17, 15) is 9.90 Å². The Balaban J connectivity index is 2.04. The Kier molecular flexibility index (Phi) is 6.36. The van der Waals surface area contributed by atoms with Crippen molar-refractivity contribution in [2.75, 3.05) is 13.7 Å². The van der Waals surface area contributed by atoms with Crippen molar-refractivity contribution in [1.82, 2.24) is 5.32 Å². The number of rotatable bonds is 5. The quantitative estimate of drug-likeness (QED) is 0.658. The lowest BCUT2D eigenvalue weighted by molar-refractivity contribution is -0.117. The molecule has 150 valence electrons. The summed E-state index contributed by atoms with van der Waals surface area (Å²) in [6, 6.07) is 3.62. The minimum Gasteiger partial charge on any atom is -0.509 e. The van der Waals surface area contributed by atoms with Crippen LogP contribution in [-0.4, -0.2) is 36.4 Å². The highest BCUT2D eigenvalue weighted by Crippen LogP contribution is 2.45. The van der Waals surface area contributed by atoms with E-state index in [0.29, 0.717) is 35.2 Å². The molecule has 1 amide bonds. The van der Waals surface area contributed by atoms with Crippen LogP contribution in [-0.2, 0) is 9.53 Å². The molecule has 0 saturated heterocycles. The van der Waals surface area contributed by atoms with Crippen molar-refractivity contribution in [1.29, 1.82) is 0 Å². The summed E-state index contributed by atoms with van der Waals surface area (Å²) in [7, 11) is 1.55. The Bertz CT molecular complexity index is 867. The van der Waals surface area contributed by atoms with E-state index in [1.54, 1.807) is 20.1 Å². The Morgan fingerprint density at radius 2 is 2.21 bits per heavy atom. The van der Waals surface area contributed by atoms with E-state index in [0.717, 1.165) is 24.8 Å². The van der Waals surface area contributed by atoms with Gasteiger partial charge in [0.15, 0.2) is 0 Å². The number of amides is 1. The lowest BCUT2D eigenvalue weighted by Gasteiger charge is -2.37. The van der Waals surface area contributed by atoms with Gasteiger partial charge in [-0.1, -0.05) is 12.8 Å². The predicted molar refractivity (Wildman–Crippen MR) is 112 cm³/mol. The molecule has 2 N–H and O–H groups in total. The second kappa shape index (κ2) is 8.59. The molecule has 1 aromatic carbocycles. The van der Waals surface area contributed by atoms with Gasteiger partial charge in [-0.25, -0.2) is 0 Å². The van der Waals surface area contributed by atoms with Crippen molar-refractivity contribution >= 4 is 27.4 Å². The van der Waals surface area contributed by atoms with Gasteiger partial charge in [-0.05, 0) is 60.7 Å². The molecule has 28 heavy (non-hydrogen) atoms. The van der Waals surface area contributed by atoms with Gasteiger partial charge in [0.1, 0.15) is 17.0 Å². The number of ether oxygens (including phenoxy) is 2. The SMILES string of the molecule is CC#Cc1cc(Br)c(C2=C(O)C3(CCCC(OCCC)C3)NC2=O)c(OC)c1. The minimum atomic E-state index is -0.768. The molecule has 2 aliphatic rings. The van der Waals surface area contributed by atoms with Gasteiger partial charge in [0.2, 0.25) is 0 Å². The van der Waals surface area contributed by atoms with Crippen LogP contribution in [0, 0.1) is 11.8 Å². The first-order valence-corrected chi connectivity index (χ1v) is 10.4. The number of hydrogen-bond donors (Lipinski definition) is 2. The van der Waals surface area contributed by atoms with Crippen LogP contribution < -0.4 is 10.1 Å². The van der Waals surface area contributed by atoms with Gasteiger partial charge in [0.25, 0.3) is 5.91 Å². The number of benzene rings is 1. The van der Waals surface area contributed by atoms with E-state index in [1.807, 2.05) is 6.07 Å². The van der Waals surface area contributed by atoms with E-state index >= 15 is 0 Å². The van der Waals surface area contributed by atoms with Crippen LogP contribution >= 0.6 is 15.9 Å². The number of aliphatic hydroxyl groups is 1.